The molecule has 5 nitrogen and oxygen atoms in total. The van der Waals surface area contributed by atoms with Gasteiger partial charge in [0.05, 0.1) is 11.3 Å². The molecule has 2 aliphatic rings. The molecular formula is C30H35N3O2. The molecule has 1 aliphatic carbocycles. The number of nitrogens with one attached hydrogen (secondary N) is 2. The molecule has 0 radical (unpaired) electrons. The van der Waals surface area contributed by atoms with Crippen LogP contribution in [0.3, 0.4) is 0 Å². The maximum absolute atomic E-state index is 13.1. The first-order valence-corrected chi connectivity index (χ1v) is 13.1. The van der Waals surface area contributed by atoms with E-state index in [1.54, 1.807) is 6.07 Å². The second-order valence-corrected chi connectivity index (χ2v) is 10.0. The van der Waals surface area contributed by atoms with Crippen LogP contribution in [0.1, 0.15) is 60.9 Å². The van der Waals surface area contributed by atoms with E-state index in [0.29, 0.717) is 11.3 Å². The summed E-state index contributed by atoms with van der Waals surface area (Å²) < 4.78 is 0. The van der Waals surface area contributed by atoms with Gasteiger partial charge in [0, 0.05) is 18.5 Å². The van der Waals surface area contributed by atoms with Gasteiger partial charge in [0.25, 0.3) is 5.91 Å². The lowest BCUT2D eigenvalue weighted by Crippen LogP contribution is -2.38. The van der Waals surface area contributed by atoms with E-state index < -0.39 is 0 Å². The molecule has 2 N–H and O–H groups in total. The summed E-state index contributed by atoms with van der Waals surface area (Å²) in [6.45, 7) is 2.69. The lowest BCUT2D eigenvalue weighted by Gasteiger charge is -2.31. The molecule has 0 atom stereocenters. The Bertz CT molecular complexity index is 1170. The number of hydrogen-bond donors (Lipinski definition) is 2. The fourth-order valence-corrected chi connectivity index (χ4v) is 5.56. The standard InChI is InChI=1S/C30H35N3O2/c34-29(32-28-16-7-6-15-27(28)30(35)31-25-12-2-1-3-13-25)23-17-19-33(20-18-23)21-24-11-8-10-22-9-4-5-14-26(22)24/h4-11,14-16,23,25H,1-3,12-13,17-21H2,(H,31,35)(H,32,34). The number of rotatable bonds is 6. The number of piperidine rings is 1. The fraction of sp³-hybridized carbons (Fsp3) is 0.400. The van der Waals surface area contributed by atoms with Crippen LogP contribution >= 0.6 is 0 Å². The van der Waals surface area contributed by atoms with Crippen LogP contribution < -0.4 is 10.6 Å². The number of carbonyl (C=O) groups is 2. The van der Waals surface area contributed by atoms with Gasteiger partial charge < -0.3 is 10.6 Å². The van der Waals surface area contributed by atoms with Gasteiger partial charge in [0.15, 0.2) is 0 Å². The zero-order chi connectivity index (χ0) is 24.0. The molecule has 0 unspecified atom stereocenters. The summed E-state index contributed by atoms with van der Waals surface area (Å²) in [5.74, 6) is -0.0985. The van der Waals surface area contributed by atoms with Gasteiger partial charge in [-0.1, -0.05) is 73.9 Å². The Morgan fingerprint density at radius 1 is 0.800 bits per heavy atom. The number of likely N-dealkylation sites (tertiary alicyclic amines) is 1. The van der Waals surface area contributed by atoms with Crippen molar-refractivity contribution in [2.24, 2.45) is 5.92 Å². The number of benzene rings is 3. The molecule has 5 heteroatoms. The molecule has 0 spiro atoms. The van der Waals surface area contributed by atoms with Gasteiger partial charge in [0.1, 0.15) is 0 Å². The number of para-hydroxylation sites is 1. The third kappa shape index (κ3) is 5.73. The summed E-state index contributed by atoms with van der Waals surface area (Å²) >= 11 is 0. The highest BCUT2D eigenvalue weighted by molar-refractivity contribution is 6.04. The molecule has 35 heavy (non-hydrogen) atoms. The predicted octanol–water partition coefficient (Wildman–Crippen LogP) is 5.75. The van der Waals surface area contributed by atoms with Crippen LogP contribution in [-0.2, 0) is 11.3 Å². The predicted molar refractivity (Wildman–Crippen MR) is 141 cm³/mol. The minimum atomic E-state index is -0.0855. The molecule has 1 saturated carbocycles. The van der Waals surface area contributed by atoms with E-state index in [9.17, 15) is 9.59 Å². The molecule has 3 aromatic carbocycles. The molecule has 5 rings (SSSR count). The molecule has 1 saturated heterocycles. The van der Waals surface area contributed by atoms with Gasteiger partial charge in [-0.15, -0.1) is 0 Å². The van der Waals surface area contributed by atoms with Crippen molar-refractivity contribution in [1.82, 2.24) is 10.2 Å². The van der Waals surface area contributed by atoms with Crippen molar-refractivity contribution < 1.29 is 9.59 Å². The van der Waals surface area contributed by atoms with Crippen molar-refractivity contribution in [3.63, 3.8) is 0 Å². The Hall–Kier alpha value is -3.18. The zero-order valence-corrected chi connectivity index (χ0v) is 20.3. The second kappa shape index (κ2) is 11.0. The average Bonchev–Trinajstić information content (AvgIpc) is 2.90. The molecular weight excluding hydrogens is 434 g/mol. The first-order valence-electron chi connectivity index (χ1n) is 13.1. The normalized spacial score (nSPS) is 17.8. The highest BCUT2D eigenvalue weighted by Gasteiger charge is 2.26. The Labute approximate surface area is 207 Å². The van der Waals surface area contributed by atoms with E-state index in [2.05, 4.69) is 58.0 Å². The first kappa shape index (κ1) is 23.6. The molecule has 2 fully saturated rings. The van der Waals surface area contributed by atoms with Crippen molar-refractivity contribution in [1.29, 1.82) is 0 Å². The second-order valence-electron chi connectivity index (χ2n) is 10.0. The topological polar surface area (TPSA) is 61.4 Å². The molecule has 2 amide bonds. The minimum Gasteiger partial charge on any atom is -0.349 e. The quantitative estimate of drug-likeness (QED) is 0.483. The number of fused-ring (bicyclic) bond motifs is 1. The summed E-state index contributed by atoms with van der Waals surface area (Å²) in [4.78, 5) is 28.5. The summed E-state index contributed by atoms with van der Waals surface area (Å²) in [5.41, 5.74) is 2.51. The van der Waals surface area contributed by atoms with Gasteiger partial charge in [-0.25, -0.2) is 0 Å². The van der Waals surface area contributed by atoms with Crippen LogP contribution in [0.4, 0.5) is 5.69 Å². The molecule has 0 bridgehead atoms. The fourth-order valence-electron chi connectivity index (χ4n) is 5.56. The van der Waals surface area contributed by atoms with Crippen LogP contribution in [-0.4, -0.2) is 35.8 Å². The zero-order valence-electron chi connectivity index (χ0n) is 20.3. The van der Waals surface area contributed by atoms with Gasteiger partial charge >= 0.3 is 0 Å². The lowest BCUT2D eigenvalue weighted by atomic mass is 9.94. The van der Waals surface area contributed by atoms with Crippen molar-refractivity contribution in [2.75, 3.05) is 18.4 Å². The first-order chi connectivity index (χ1) is 17.2. The number of nitrogens with zero attached hydrogens (tertiary/aromatic N) is 1. The van der Waals surface area contributed by atoms with Crippen LogP contribution in [0.25, 0.3) is 10.8 Å². The van der Waals surface area contributed by atoms with Crippen molar-refractivity contribution in [2.45, 2.75) is 57.5 Å². The van der Waals surface area contributed by atoms with E-state index in [4.69, 9.17) is 0 Å². The van der Waals surface area contributed by atoms with Crippen LogP contribution in [0.2, 0.25) is 0 Å². The monoisotopic (exact) mass is 469 g/mol. The highest BCUT2D eigenvalue weighted by Crippen LogP contribution is 2.25. The van der Waals surface area contributed by atoms with E-state index in [1.165, 1.54) is 35.6 Å². The summed E-state index contributed by atoms with van der Waals surface area (Å²) in [6.07, 6.45) is 7.32. The van der Waals surface area contributed by atoms with Gasteiger partial charge in [0.2, 0.25) is 5.91 Å². The third-order valence-corrected chi connectivity index (χ3v) is 7.60. The van der Waals surface area contributed by atoms with E-state index in [1.807, 2.05) is 18.2 Å². The van der Waals surface area contributed by atoms with Crippen molar-refractivity contribution in [3.05, 3.63) is 77.9 Å². The van der Waals surface area contributed by atoms with Crippen LogP contribution in [0, 0.1) is 5.92 Å². The summed E-state index contributed by atoms with van der Waals surface area (Å²) in [5, 5.41) is 8.81. The van der Waals surface area contributed by atoms with Crippen LogP contribution in [0.15, 0.2) is 66.7 Å². The smallest absolute Gasteiger partial charge is 0.253 e. The largest absolute Gasteiger partial charge is 0.349 e. The number of hydrogen-bond acceptors (Lipinski definition) is 3. The minimum absolute atomic E-state index is 0.0210. The Morgan fingerprint density at radius 3 is 2.34 bits per heavy atom. The number of amides is 2. The molecule has 3 aromatic rings. The van der Waals surface area contributed by atoms with Gasteiger partial charge in [-0.2, -0.15) is 0 Å². The Balaban J connectivity index is 1.17. The van der Waals surface area contributed by atoms with E-state index >= 15 is 0 Å². The third-order valence-electron chi connectivity index (χ3n) is 7.60. The van der Waals surface area contributed by atoms with Gasteiger partial charge in [-0.3, -0.25) is 14.5 Å². The Morgan fingerprint density at radius 2 is 1.51 bits per heavy atom. The Kier molecular flexibility index (Phi) is 7.43. The van der Waals surface area contributed by atoms with Crippen molar-refractivity contribution >= 4 is 28.3 Å². The molecule has 182 valence electrons. The highest BCUT2D eigenvalue weighted by atomic mass is 16.2. The van der Waals surface area contributed by atoms with Crippen molar-refractivity contribution in [3.8, 4) is 0 Å². The SMILES string of the molecule is O=C(NC1CCCCC1)c1ccccc1NC(=O)C1CCN(Cc2cccc3ccccc23)CC1. The molecule has 1 heterocycles. The van der Waals surface area contributed by atoms with Crippen LogP contribution in [0.5, 0.6) is 0 Å². The number of carbonyl (C=O) groups excluding carboxylic acids is 2. The summed E-state index contributed by atoms with van der Waals surface area (Å²) in [6, 6.07) is 22.6. The molecule has 0 aromatic heterocycles. The lowest BCUT2D eigenvalue weighted by molar-refractivity contribution is -0.121. The molecule has 1 aliphatic heterocycles. The van der Waals surface area contributed by atoms with Gasteiger partial charge in [-0.05, 0) is 67.2 Å². The van der Waals surface area contributed by atoms with E-state index in [-0.39, 0.29) is 23.8 Å². The summed E-state index contributed by atoms with van der Waals surface area (Å²) in [7, 11) is 0. The number of anilines is 1. The maximum Gasteiger partial charge on any atom is 0.253 e. The average molecular weight is 470 g/mol. The van der Waals surface area contributed by atoms with E-state index in [0.717, 1.165) is 45.3 Å². The maximum atomic E-state index is 13.1.